The lowest BCUT2D eigenvalue weighted by Gasteiger charge is -2.31. The van der Waals surface area contributed by atoms with Crippen molar-refractivity contribution in [3.05, 3.63) is 0 Å². The normalized spacial score (nSPS) is 27.2. The van der Waals surface area contributed by atoms with Crippen LogP contribution in [0.1, 0.15) is 32.1 Å². The van der Waals surface area contributed by atoms with Gasteiger partial charge in [0.05, 0.1) is 0 Å². The van der Waals surface area contributed by atoms with E-state index in [1.54, 1.807) is 4.31 Å². The average molecular weight is 261 g/mol. The van der Waals surface area contributed by atoms with Crippen molar-refractivity contribution in [2.75, 3.05) is 26.2 Å². The summed E-state index contributed by atoms with van der Waals surface area (Å²) in [7, 11) is -3.27. The van der Waals surface area contributed by atoms with Crippen LogP contribution in [-0.2, 0) is 10.2 Å². The summed E-state index contributed by atoms with van der Waals surface area (Å²) >= 11 is 0. The summed E-state index contributed by atoms with van der Waals surface area (Å²) in [5.41, 5.74) is 5.61. The van der Waals surface area contributed by atoms with Crippen LogP contribution >= 0.6 is 0 Å². The van der Waals surface area contributed by atoms with Crippen molar-refractivity contribution in [1.29, 1.82) is 0 Å². The number of rotatable bonds is 6. The van der Waals surface area contributed by atoms with Crippen LogP contribution in [0.4, 0.5) is 0 Å². The highest BCUT2D eigenvalue weighted by Crippen LogP contribution is 2.31. The monoisotopic (exact) mass is 261 g/mol. The smallest absolute Gasteiger partial charge is 0.279 e. The van der Waals surface area contributed by atoms with Crippen molar-refractivity contribution >= 4 is 10.2 Å². The lowest BCUT2D eigenvalue weighted by Crippen LogP contribution is -2.47. The zero-order chi connectivity index (χ0) is 12.3. The van der Waals surface area contributed by atoms with E-state index in [2.05, 4.69) is 4.72 Å². The fourth-order valence-electron chi connectivity index (χ4n) is 2.33. The van der Waals surface area contributed by atoms with E-state index < -0.39 is 10.2 Å². The molecule has 5 nitrogen and oxygen atoms in total. The molecule has 17 heavy (non-hydrogen) atoms. The topological polar surface area (TPSA) is 75.4 Å². The van der Waals surface area contributed by atoms with Gasteiger partial charge in [0.25, 0.3) is 10.2 Å². The van der Waals surface area contributed by atoms with Gasteiger partial charge in [-0.15, -0.1) is 0 Å². The predicted molar refractivity (Wildman–Crippen MR) is 67.6 cm³/mol. The summed E-state index contributed by atoms with van der Waals surface area (Å²) in [6, 6.07) is 0. The summed E-state index contributed by atoms with van der Waals surface area (Å²) in [6.45, 7) is 2.37. The molecule has 100 valence electrons. The second kappa shape index (κ2) is 5.65. The molecule has 1 heterocycles. The Bertz CT molecular complexity index is 341. The minimum Gasteiger partial charge on any atom is -0.330 e. The van der Waals surface area contributed by atoms with Crippen molar-refractivity contribution in [3.63, 3.8) is 0 Å². The molecule has 1 aliphatic heterocycles. The summed E-state index contributed by atoms with van der Waals surface area (Å²) < 4.78 is 28.3. The van der Waals surface area contributed by atoms with Gasteiger partial charge in [0, 0.05) is 19.6 Å². The molecule has 0 spiro atoms. The molecule has 2 aliphatic rings. The van der Waals surface area contributed by atoms with Crippen LogP contribution in [0.2, 0.25) is 0 Å². The third kappa shape index (κ3) is 3.91. The lowest BCUT2D eigenvalue weighted by atomic mass is 10.0. The fourth-order valence-corrected chi connectivity index (χ4v) is 3.66. The Morgan fingerprint density at radius 3 is 2.65 bits per heavy atom. The number of nitrogens with zero attached hydrogens (tertiary/aromatic N) is 1. The van der Waals surface area contributed by atoms with E-state index >= 15 is 0 Å². The first kappa shape index (κ1) is 13.3. The fraction of sp³-hybridized carbons (Fsp3) is 1.00. The molecule has 1 saturated heterocycles. The van der Waals surface area contributed by atoms with E-state index in [9.17, 15) is 8.42 Å². The third-order valence-corrected chi connectivity index (χ3v) is 5.27. The first-order chi connectivity index (χ1) is 8.12. The van der Waals surface area contributed by atoms with Crippen LogP contribution in [0.3, 0.4) is 0 Å². The minimum atomic E-state index is -3.27. The van der Waals surface area contributed by atoms with Crippen molar-refractivity contribution < 1.29 is 8.42 Å². The van der Waals surface area contributed by atoms with Crippen molar-refractivity contribution in [1.82, 2.24) is 9.03 Å². The van der Waals surface area contributed by atoms with Crippen molar-refractivity contribution in [2.45, 2.75) is 32.1 Å². The van der Waals surface area contributed by atoms with Crippen molar-refractivity contribution in [3.8, 4) is 0 Å². The van der Waals surface area contributed by atoms with Crippen molar-refractivity contribution in [2.24, 2.45) is 17.6 Å². The Hall–Kier alpha value is -0.170. The maximum atomic E-state index is 12.0. The average Bonchev–Trinajstić information content (AvgIpc) is 3.13. The van der Waals surface area contributed by atoms with E-state index in [0.29, 0.717) is 32.1 Å². The summed E-state index contributed by atoms with van der Waals surface area (Å²) in [5, 5.41) is 0. The molecule has 2 rings (SSSR count). The molecule has 0 aromatic rings. The van der Waals surface area contributed by atoms with Gasteiger partial charge in [-0.2, -0.15) is 12.7 Å². The van der Waals surface area contributed by atoms with Gasteiger partial charge < -0.3 is 5.73 Å². The molecule has 0 aromatic heterocycles. The molecule has 0 aromatic carbocycles. The third-order valence-electron chi connectivity index (χ3n) is 3.69. The first-order valence-electron chi connectivity index (χ1n) is 6.56. The van der Waals surface area contributed by atoms with Gasteiger partial charge in [-0.25, -0.2) is 4.72 Å². The summed E-state index contributed by atoms with van der Waals surface area (Å²) in [5.74, 6) is 1.08. The summed E-state index contributed by atoms with van der Waals surface area (Å²) in [6.07, 6.45) is 5.48. The molecule has 0 bridgehead atoms. The van der Waals surface area contributed by atoms with E-state index in [-0.39, 0.29) is 0 Å². The van der Waals surface area contributed by atoms with Crippen LogP contribution in [0, 0.1) is 11.8 Å². The number of piperidine rings is 1. The van der Waals surface area contributed by atoms with Crippen LogP contribution < -0.4 is 10.5 Å². The number of hydrogen-bond acceptors (Lipinski definition) is 3. The molecule has 1 unspecified atom stereocenters. The SMILES string of the molecule is NCC1CCCN(S(=O)(=O)NCCC2CC2)C1. The highest BCUT2D eigenvalue weighted by molar-refractivity contribution is 7.87. The standard InChI is InChI=1S/C11H23N3O2S/c12-8-11-2-1-7-14(9-11)17(15,16)13-6-5-10-3-4-10/h10-11,13H,1-9,12H2. The van der Waals surface area contributed by atoms with Gasteiger partial charge in [-0.1, -0.05) is 12.8 Å². The molecule has 1 atom stereocenters. The Kier molecular flexibility index (Phi) is 4.41. The largest absolute Gasteiger partial charge is 0.330 e. The minimum absolute atomic E-state index is 0.323. The van der Waals surface area contributed by atoms with E-state index in [4.69, 9.17) is 5.73 Å². The molecule has 0 radical (unpaired) electrons. The van der Waals surface area contributed by atoms with Gasteiger partial charge in [0.1, 0.15) is 0 Å². The van der Waals surface area contributed by atoms with Crippen LogP contribution in [-0.4, -0.2) is 38.9 Å². The Morgan fingerprint density at radius 2 is 2.00 bits per heavy atom. The second-order valence-electron chi connectivity index (χ2n) is 5.23. The van der Waals surface area contributed by atoms with E-state index in [0.717, 1.165) is 25.2 Å². The Labute approximate surface area is 104 Å². The van der Waals surface area contributed by atoms with Crippen LogP contribution in [0.25, 0.3) is 0 Å². The van der Waals surface area contributed by atoms with Gasteiger partial charge in [0.15, 0.2) is 0 Å². The van der Waals surface area contributed by atoms with Crippen LogP contribution in [0.5, 0.6) is 0 Å². The predicted octanol–water partition coefficient (Wildman–Crippen LogP) is 0.292. The number of hydrogen-bond donors (Lipinski definition) is 2. The quantitative estimate of drug-likeness (QED) is 0.721. The number of nitrogens with two attached hydrogens (primary N) is 1. The van der Waals surface area contributed by atoms with Gasteiger partial charge in [0.2, 0.25) is 0 Å². The zero-order valence-electron chi connectivity index (χ0n) is 10.3. The Balaban J connectivity index is 1.80. The lowest BCUT2D eigenvalue weighted by molar-refractivity contribution is 0.268. The maximum Gasteiger partial charge on any atom is 0.279 e. The highest BCUT2D eigenvalue weighted by atomic mass is 32.2. The van der Waals surface area contributed by atoms with Crippen LogP contribution in [0.15, 0.2) is 0 Å². The molecule has 1 saturated carbocycles. The Morgan fingerprint density at radius 1 is 1.24 bits per heavy atom. The number of nitrogens with one attached hydrogen (secondary N) is 1. The van der Waals surface area contributed by atoms with E-state index in [1.165, 1.54) is 12.8 Å². The molecule has 0 amide bonds. The molecule has 1 aliphatic carbocycles. The first-order valence-corrected chi connectivity index (χ1v) is 8.00. The summed E-state index contributed by atoms with van der Waals surface area (Å²) in [4.78, 5) is 0. The second-order valence-corrected chi connectivity index (χ2v) is 6.99. The molecular weight excluding hydrogens is 238 g/mol. The highest BCUT2D eigenvalue weighted by Gasteiger charge is 2.28. The van der Waals surface area contributed by atoms with Gasteiger partial charge >= 0.3 is 0 Å². The zero-order valence-corrected chi connectivity index (χ0v) is 11.1. The molecular formula is C11H23N3O2S. The van der Waals surface area contributed by atoms with Gasteiger partial charge in [-0.05, 0) is 37.6 Å². The van der Waals surface area contributed by atoms with Gasteiger partial charge in [-0.3, -0.25) is 0 Å². The van der Waals surface area contributed by atoms with E-state index in [1.807, 2.05) is 0 Å². The molecule has 6 heteroatoms. The molecule has 2 fully saturated rings. The maximum absolute atomic E-state index is 12.0. The molecule has 3 N–H and O–H groups in total.